The van der Waals surface area contributed by atoms with Crippen LogP contribution >= 0.6 is 0 Å². The molecule has 0 unspecified atom stereocenters. The second-order valence-corrected chi connectivity index (χ2v) is 6.39. The van der Waals surface area contributed by atoms with E-state index in [4.69, 9.17) is 0 Å². The lowest BCUT2D eigenvalue weighted by Crippen LogP contribution is -2.17. The van der Waals surface area contributed by atoms with Crippen molar-refractivity contribution in [2.75, 3.05) is 0 Å². The number of carbonyl (C=O) groups excluding carboxylic acids is 2. The highest BCUT2D eigenvalue weighted by Crippen LogP contribution is 2.24. The summed E-state index contributed by atoms with van der Waals surface area (Å²) in [6.07, 6.45) is 0. The van der Waals surface area contributed by atoms with E-state index in [0.29, 0.717) is 5.56 Å². The predicted octanol–water partition coefficient (Wildman–Crippen LogP) is 3.85. The predicted molar refractivity (Wildman–Crippen MR) is 105 cm³/mol. The molecule has 0 aromatic heterocycles. The summed E-state index contributed by atoms with van der Waals surface area (Å²) < 4.78 is 0. The summed E-state index contributed by atoms with van der Waals surface area (Å²) in [7, 11) is 0. The molecule has 0 atom stereocenters. The van der Waals surface area contributed by atoms with Crippen LogP contribution in [0.4, 0.5) is 0 Å². The highest BCUT2D eigenvalue weighted by Gasteiger charge is 2.27. The van der Waals surface area contributed by atoms with Crippen LogP contribution in [0.3, 0.4) is 0 Å². The Hall–Kier alpha value is -4.06. The van der Waals surface area contributed by atoms with Gasteiger partial charge in [-0.15, -0.1) is 0 Å². The monoisotopic (exact) mass is 388 g/mol. The number of carboxylic acids is 2. The smallest absolute Gasteiger partial charge is 0.336 e. The van der Waals surface area contributed by atoms with E-state index < -0.39 is 34.6 Å². The fourth-order valence-electron chi connectivity index (χ4n) is 3.05. The van der Waals surface area contributed by atoms with Gasteiger partial charge in [-0.1, -0.05) is 54.6 Å². The van der Waals surface area contributed by atoms with Crippen molar-refractivity contribution in [3.8, 4) is 0 Å². The van der Waals surface area contributed by atoms with Crippen molar-refractivity contribution < 1.29 is 29.4 Å². The average Bonchev–Trinajstić information content (AvgIpc) is 2.72. The van der Waals surface area contributed by atoms with Gasteiger partial charge in [0.25, 0.3) is 0 Å². The SMILES string of the molecule is Cc1ccccc1C(=O)c1cc(C(=O)c2ccccc2)c(C(=O)O)cc1C(=O)O. The van der Waals surface area contributed by atoms with Crippen LogP contribution in [-0.2, 0) is 0 Å². The molecule has 2 N–H and O–H groups in total. The van der Waals surface area contributed by atoms with Crippen LogP contribution in [0.15, 0.2) is 66.7 Å². The molecule has 0 radical (unpaired) electrons. The molecule has 0 aliphatic carbocycles. The summed E-state index contributed by atoms with van der Waals surface area (Å²) in [6.45, 7) is 1.70. The summed E-state index contributed by atoms with van der Waals surface area (Å²) in [6, 6.07) is 16.5. The van der Waals surface area contributed by atoms with Gasteiger partial charge in [0.1, 0.15) is 0 Å². The molecule has 3 rings (SSSR count). The van der Waals surface area contributed by atoms with Gasteiger partial charge < -0.3 is 10.2 Å². The first-order chi connectivity index (χ1) is 13.8. The Morgan fingerprint density at radius 1 is 0.586 bits per heavy atom. The molecule has 29 heavy (non-hydrogen) atoms. The van der Waals surface area contributed by atoms with Crippen molar-refractivity contribution in [1.82, 2.24) is 0 Å². The summed E-state index contributed by atoms with van der Waals surface area (Å²) in [5, 5.41) is 19.1. The lowest BCUT2D eigenvalue weighted by atomic mass is 9.89. The Morgan fingerprint density at radius 3 is 1.62 bits per heavy atom. The Balaban J connectivity index is 2.27. The molecule has 0 aliphatic heterocycles. The first kappa shape index (κ1) is 19.7. The molecule has 144 valence electrons. The van der Waals surface area contributed by atoms with Gasteiger partial charge in [-0.25, -0.2) is 9.59 Å². The molecule has 0 heterocycles. The Morgan fingerprint density at radius 2 is 1.07 bits per heavy atom. The molecule has 0 amide bonds. The Bertz CT molecular complexity index is 1150. The van der Waals surface area contributed by atoms with Gasteiger partial charge in [-0.3, -0.25) is 9.59 Å². The van der Waals surface area contributed by atoms with E-state index in [0.717, 1.165) is 12.1 Å². The molecule has 0 saturated carbocycles. The maximum absolute atomic E-state index is 13.1. The van der Waals surface area contributed by atoms with Gasteiger partial charge in [-0.2, -0.15) is 0 Å². The first-order valence-electron chi connectivity index (χ1n) is 8.66. The number of carbonyl (C=O) groups is 4. The molecule has 6 heteroatoms. The minimum Gasteiger partial charge on any atom is -0.478 e. The van der Waals surface area contributed by atoms with Crippen molar-refractivity contribution in [3.05, 3.63) is 106 Å². The van der Waals surface area contributed by atoms with Crippen molar-refractivity contribution in [2.45, 2.75) is 6.92 Å². The third-order valence-corrected chi connectivity index (χ3v) is 4.53. The lowest BCUT2D eigenvalue weighted by Gasteiger charge is -2.13. The summed E-state index contributed by atoms with van der Waals surface area (Å²) >= 11 is 0. The van der Waals surface area contributed by atoms with E-state index in [9.17, 15) is 29.4 Å². The average molecular weight is 388 g/mol. The first-order valence-corrected chi connectivity index (χ1v) is 8.66. The van der Waals surface area contributed by atoms with Crippen LogP contribution < -0.4 is 0 Å². The second kappa shape index (κ2) is 7.90. The summed E-state index contributed by atoms with van der Waals surface area (Å²) in [5.41, 5.74) is -0.296. The number of carboxylic acid groups (broad SMARTS) is 2. The zero-order valence-electron chi connectivity index (χ0n) is 15.4. The van der Waals surface area contributed by atoms with Crippen LogP contribution in [0.5, 0.6) is 0 Å². The van der Waals surface area contributed by atoms with E-state index in [2.05, 4.69) is 0 Å². The Labute approximate surface area is 166 Å². The molecule has 0 bridgehead atoms. The van der Waals surface area contributed by atoms with Crippen molar-refractivity contribution >= 4 is 23.5 Å². The number of ketones is 2. The molecule has 0 spiro atoms. The van der Waals surface area contributed by atoms with Gasteiger partial charge in [-0.05, 0) is 24.6 Å². The molecular weight excluding hydrogens is 372 g/mol. The van der Waals surface area contributed by atoms with Crippen LogP contribution in [-0.4, -0.2) is 33.7 Å². The van der Waals surface area contributed by atoms with Crippen LogP contribution in [0.2, 0.25) is 0 Å². The largest absolute Gasteiger partial charge is 0.478 e. The number of aryl methyl sites for hydroxylation is 1. The standard InChI is InChI=1S/C23H16O6/c1-13-7-5-6-10-15(13)21(25)17-11-16(20(24)14-8-3-2-4-9-14)18(22(26)27)12-19(17)23(28)29/h2-12H,1H3,(H,26,27)(H,28,29). The van der Waals surface area contributed by atoms with E-state index >= 15 is 0 Å². The van der Waals surface area contributed by atoms with E-state index in [1.165, 1.54) is 12.1 Å². The van der Waals surface area contributed by atoms with Crippen LogP contribution in [0.1, 0.15) is 58.1 Å². The van der Waals surface area contributed by atoms with Gasteiger partial charge in [0.15, 0.2) is 11.6 Å². The highest BCUT2D eigenvalue weighted by atomic mass is 16.4. The van der Waals surface area contributed by atoms with Gasteiger partial charge >= 0.3 is 11.9 Å². The van der Waals surface area contributed by atoms with E-state index in [1.807, 2.05) is 0 Å². The summed E-state index contributed by atoms with van der Waals surface area (Å²) in [5.74, 6) is -4.12. The quantitative estimate of drug-likeness (QED) is 0.621. The molecule has 0 aliphatic rings. The minimum atomic E-state index is -1.46. The van der Waals surface area contributed by atoms with Crippen molar-refractivity contribution in [2.24, 2.45) is 0 Å². The highest BCUT2D eigenvalue weighted by molar-refractivity contribution is 6.20. The number of hydrogen-bond acceptors (Lipinski definition) is 4. The molecule has 6 nitrogen and oxygen atoms in total. The number of rotatable bonds is 6. The Kier molecular flexibility index (Phi) is 5.36. The normalized spacial score (nSPS) is 10.4. The molecule has 0 saturated heterocycles. The zero-order valence-corrected chi connectivity index (χ0v) is 15.4. The van der Waals surface area contributed by atoms with Gasteiger partial charge in [0.05, 0.1) is 11.1 Å². The molecule has 0 fully saturated rings. The lowest BCUT2D eigenvalue weighted by molar-refractivity contribution is 0.0690. The summed E-state index contributed by atoms with van der Waals surface area (Å²) in [4.78, 5) is 49.4. The van der Waals surface area contributed by atoms with Crippen molar-refractivity contribution in [1.29, 1.82) is 0 Å². The maximum atomic E-state index is 13.1. The van der Waals surface area contributed by atoms with Gasteiger partial charge in [0, 0.05) is 22.3 Å². The fraction of sp³-hybridized carbons (Fsp3) is 0.0435. The molecule has 3 aromatic carbocycles. The second-order valence-electron chi connectivity index (χ2n) is 6.39. The van der Waals surface area contributed by atoms with E-state index in [-0.39, 0.29) is 22.3 Å². The van der Waals surface area contributed by atoms with Crippen LogP contribution in [0, 0.1) is 6.92 Å². The number of benzene rings is 3. The molecule has 3 aromatic rings. The topological polar surface area (TPSA) is 109 Å². The minimum absolute atomic E-state index is 0.229. The third-order valence-electron chi connectivity index (χ3n) is 4.53. The third kappa shape index (κ3) is 3.82. The fourth-order valence-corrected chi connectivity index (χ4v) is 3.05. The number of hydrogen-bond donors (Lipinski definition) is 2. The van der Waals surface area contributed by atoms with Crippen LogP contribution in [0.25, 0.3) is 0 Å². The zero-order chi connectivity index (χ0) is 21.1. The molecular formula is C23H16O6. The maximum Gasteiger partial charge on any atom is 0.336 e. The van der Waals surface area contributed by atoms with E-state index in [1.54, 1.807) is 49.4 Å². The van der Waals surface area contributed by atoms with Crippen molar-refractivity contribution in [3.63, 3.8) is 0 Å². The van der Waals surface area contributed by atoms with Gasteiger partial charge in [0.2, 0.25) is 0 Å². The number of aromatic carboxylic acids is 2.